The lowest BCUT2D eigenvalue weighted by atomic mass is 9.91. The minimum absolute atomic E-state index is 0.0960. The van der Waals surface area contributed by atoms with Crippen LogP contribution in [0.3, 0.4) is 0 Å². The van der Waals surface area contributed by atoms with Crippen molar-refractivity contribution in [3.63, 3.8) is 0 Å². The van der Waals surface area contributed by atoms with Crippen LogP contribution in [0.25, 0.3) is 0 Å². The van der Waals surface area contributed by atoms with Crippen molar-refractivity contribution >= 4 is 12.7 Å². The van der Waals surface area contributed by atoms with Gasteiger partial charge < -0.3 is 15.0 Å². The normalized spacial score (nSPS) is 18.6. The molecule has 2 aromatic rings. The van der Waals surface area contributed by atoms with E-state index in [0.29, 0.717) is 56.3 Å². The third kappa shape index (κ3) is 7.76. The number of amides is 1. The first-order valence-corrected chi connectivity index (χ1v) is 13.8. The summed E-state index contributed by atoms with van der Waals surface area (Å²) in [5.41, 5.74) is 5.44. The molecule has 38 heavy (non-hydrogen) atoms. The summed E-state index contributed by atoms with van der Waals surface area (Å²) < 4.78 is 15.6. The van der Waals surface area contributed by atoms with Crippen LogP contribution in [0.15, 0.2) is 48.7 Å². The van der Waals surface area contributed by atoms with Gasteiger partial charge in [0.2, 0.25) is 6.41 Å². The Balaban J connectivity index is 1.76. The van der Waals surface area contributed by atoms with Crippen LogP contribution < -0.4 is 5.32 Å². The molecule has 1 N–H and O–H groups in total. The van der Waals surface area contributed by atoms with E-state index in [2.05, 4.69) is 36.7 Å². The number of hydrogen-bond acceptors (Lipinski definition) is 4. The Morgan fingerprint density at radius 1 is 1.11 bits per heavy atom. The van der Waals surface area contributed by atoms with Crippen LogP contribution in [-0.2, 0) is 35.5 Å². The van der Waals surface area contributed by atoms with Gasteiger partial charge in [0.15, 0.2) is 0 Å². The van der Waals surface area contributed by atoms with E-state index in [1.807, 2.05) is 37.3 Å². The van der Waals surface area contributed by atoms with Gasteiger partial charge in [0, 0.05) is 50.9 Å². The van der Waals surface area contributed by atoms with Crippen LogP contribution in [0.5, 0.6) is 0 Å². The fourth-order valence-electron chi connectivity index (χ4n) is 5.94. The molecule has 5 nitrogen and oxygen atoms in total. The highest BCUT2D eigenvalue weighted by Gasteiger charge is 2.24. The molecule has 1 heterocycles. The number of likely N-dealkylation sites (N-methyl/N-ethyl adjacent to an activating group) is 1. The number of piperidine rings is 1. The number of benzene rings is 2. The number of halogens is 1. The maximum Gasteiger partial charge on any atom is 0.210 e. The molecule has 0 aromatic heterocycles. The van der Waals surface area contributed by atoms with Gasteiger partial charge in [0.05, 0.1) is 6.04 Å². The van der Waals surface area contributed by atoms with Crippen LogP contribution >= 0.6 is 0 Å². The SMILES string of the molecule is C=C(NC)C(CCC=O)N(C=O)Cc1c(C)cccc1CCc1cccc(CN2CC(C)CC(C)C2)c1F. The Bertz CT molecular complexity index is 1090. The molecular formula is C32H44FN3O2. The summed E-state index contributed by atoms with van der Waals surface area (Å²) in [6.45, 7) is 13.7. The average Bonchev–Trinajstić information content (AvgIpc) is 2.89. The predicted octanol–water partition coefficient (Wildman–Crippen LogP) is 5.44. The third-order valence-electron chi connectivity index (χ3n) is 7.83. The maximum atomic E-state index is 15.6. The van der Waals surface area contributed by atoms with E-state index in [4.69, 9.17) is 0 Å². The molecule has 206 valence electrons. The Morgan fingerprint density at radius 3 is 2.39 bits per heavy atom. The summed E-state index contributed by atoms with van der Waals surface area (Å²) >= 11 is 0. The molecular weight excluding hydrogens is 477 g/mol. The van der Waals surface area contributed by atoms with E-state index in [0.717, 1.165) is 53.6 Å². The number of carbonyl (C=O) groups excluding carboxylic acids is 2. The maximum absolute atomic E-state index is 15.6. The average molecular weight is 522 g/mol. The van der Waals surface area contributed by atoms with Gasteiger partial charge in [-0.1, -0.05) is 56.8 Å². The van der Waals surface area contributed by atoms with Gasteiger partial charge in [0.25, 0.3) is 0 Å². The van der Waals surface area contributed by atoms with E-state index in [9.17, 15) is 9.59 Å². The van der Waals surface area contributed by atoms with Gasteiger partial charge in [-0.15, -0.1) is 0 Å². The summed E-state index contributed by atoms with van der Waals surface area (Å²) in [6.07, 6.45) is 5.06. The molecule has 1 fully saturated rings. The van der Waals surface area contributed by atoms with E-state index in [1.54, 1.807) is 11.9 Å². The molecule has 3 rings (SSSR count). The second-order valence-corrected chi connectivity index (χ2v) is 11.1. The lowest BCUT2D eigenvalue weighted by molar-refractivity contribution is -0.120. The lowest BCUT2D eigenvalue weighted by Gasteiger charge is -2.35. The number of likely N-dealkylation sites (tertiary alicyclic amines) is 1. The van der Waals surface area contributed by atoms with Gasteiger partial charge in [-0.05, 0) is 66.7 Å². The van der Waals surface area contributed by atoms with E-state index in [-0.39, 0.29) is 11.9 Å². The molecule has 1 aliphatic rings. The molecule has 0 radical (unpaired) electrons. The van der Waals surface area contributed by atoms with Crippen LogP contribution in [0.4, 0.5) is 4.39 Å². The number of nitrogens with zero attached hydrogens (tertiary/aromatic N) is 2. The van der Waals surface area contributed by atoms with Crippen LogP contribution in [-0.4, -0.2) is 48.7 Å². The Morgan fingerprint density at radius 2 is 1.74 bits per heavy atom. The molecule has 1 saturated heterocycles. The quantitative estimate of drug-likeness (QED) is 0.337. The summed E-state index contributed by atoms with van der Waals surface area (Å²) in [5, 5.41) is 3.04. The number of nitrogens with one attached hydrogen (secondary N) is 1. The second kappa shape index (κ2) is 14.2. The highest BCUT2D eigenvalue weighted by molar-refractivity contribution is 5.52. The van der Waals surface area contributed by atoms with Crippen LogP contribution in [0, 0.1) is 24.6 Å². The molecule has 0 bridgehead atoms. The van der Waals surface area contributed by atoms with Crippen molar-refractivity contribution in [1.82, 2.24) is 15.1 Å². The molecule has 0 saturated carbocycles. The fraction of sp³-hybridized carbons (Fsp3) is 0.500. The molecule has 0 spiro atoms. The van der Waals surface area contributed by atoms with E-state index >= 15 is 4.39 Å². The first-order chi connectivity index (χ1) is 18.3. The zero-order valence-electron chi connectivity index (χ0n) is 23.5. The Labute approximate surface area is 228 Å². The molecule has 1 amide bonds. The van der Waals surface area contributed by atoms with Gasteiger partial charge in [-0.25, -0.2) is 4.39 Å². The summed E-state index contributed by atoms with van der Waals surface area (Å²) in [4.78, 5) is 27.2. The molecule has 0 aliphatic carbocycles. The fourth-order valence-corrected chi connectivity index (χ4v) is 5.94. The summed E-state index contributed by atoms with van der Waals surface area (Å²) in [5.74, 6) is 1.18. The van der Waals surface area contributed by atoms with Gasteiger partial charge in [-0.3, -0.25) is 9.69 Å². The Hall–Kier alpha value is -2.99. The number of aryl methyl sites for hydroxylation is 3. The van der Waals surface area contributed by atoms with Crippen molar-refractivity contribution in [2.24, 2.45) is 11.8 Å². The van der Waals surface area contributed by atoms with Crippen molar-refractivity contribution in [1.29, 1.82) is 0 Å². The van der Waals surface area contributed by atoms with Crippen molar-refractivity contribution in [3.8, 4) is 0 Å². The summed E-state index contributed by atoms with van der Waals surface area (Å²) in [7, 11) is 1.77. The van der Waals surface area contributed by atoms with E-state index in [1.165, 1.54) is 6.42 Å². The van der Waals surface area contributed by atoms with Crippen LogP contribution in [0.1, 0.15) is 60.9 Å². The smallest absolute Gasteiger partial charge is 0.210 e. The zero-order valence-corrected chi connectivity index (χ0v) is 23.5. The minimum atomic E-state index is -0.287. The number of hydrogen-bond donors (Lipinski definition) is 1. The first-order valence-electron chi connectivity index (χ1n) is 13.8. The van der Waals surface area contributed by atoms with E-state index < -0.39 is 0 Å². The molecule has 6 heteroatoms. The van der Waals surface area contributed by atoms with Gasteiger partial charge >= 0.3 is 0 Å². The predicted molar refractivity (Wildman–Crippen MR) is 152 cm³/mol. The topological polar surface area (TPSA) is 52.7 Å². The number of carbonyl (C=O) groups is 2. The Kier molecular flexibility index (Phi) is 11.1. The highest BCUT2D eigenvalue weighted by atomic mass is 19.1. The minimum Gasteiger partial charge on any atom is -0.390 e. The van der Waals surface area contributed by atoms with Crippen molar-refractivity contribution in [3.05, 3.63) is 82.3 Å². The second-order valence-electron chi connectivity index (χ2n) is 11.1. The van der Waals surface area contributed by atoms with Crippen molar-refractivity contribution < 1.29 is 14.0 Å². The molecule has 3 unspecified atom stereocenters. The standard InChI is InChI=1S/C32H44FN3O2/c1-23-17-24(2)19-35(18-23)20-29-12-7-11-28(32(29)33)15-14-27-10-6-9-25(3)30(27)21-36(22-38)31(13-8-16-37)26(4)34-5/h6-7,9-12,16,22-24,31,34H,4,8,13-15,17-21H2,1-3,5H3. The largest absolute Gasteiger partial charge is 0.390 e. The monoisotopic (exact) mass is 521 g/mol. The molecule has 1 aliphatic heterocycles. The number of rotatable bonds is 14. The first kappa shape index (κ1) is 29.6. The highest BCUT2D eigenvalue weighted by Crippen LogP contribution is 2.26. The van der Waals surface area contributed by atoms with Crippen molar-refractivity contribution in [2.45, 2.75) is 72.0 Å². The molecule has 3 atom stereocenters. The molecule has 2 aromatic carbocycles. The summed E-state index contributed by atoms with van der Waals surface area (Å²) in [6, 6.07) is 11.6. The van der Waals surface area contributed by atoms with Crippen LogP contribution in [0.2, 0.25) is 0 Å². The lowest BCUT2D eigenvalue weighted by Crippen LogP contribution is -2.39. The third-order valence-corrected chi connectivity index (χ3v) is 7.83. The van der Waals surface area contributed by atoms with Gasteiger partial charge in [-0.2, -0.15) is 0 Å². The van der Waals surface area contributed by atoms with Gasteiger partial charge in [0.1, 0.15) is 12.1 Å². The zero-order chi connectivity index (χ0) is 27.7. The number of aldehydes is 1. The van der Waals surface area contributed by atoms with Crippen molar-refractivity contribution in [2.75, 3.05) is 20.1 Å².